The van der Waals surface area contributed by atoms with E-state index >= 15 is 0 Å². The number of aliphatic imine (C=N–C) groups is 2. The number of rotatable bonds is 7. The van der Waals surface area contributed by atoms with Gasteiger partial charge in [-0.3, -0.25) is 14.5 Å². The number of amidine groups is 1. The molecule has 0 saturated carbocycles. The second-order valence-corrected chi connectivity index (χ2v) is 13.0. The van der Waals surface area contributed by atoms with Crippen LogP contribution in [0, 0.1) is 5.92 Å². The highest BCUT2D eigenvalue weighted by atomic mass is 15.3. The molecule has 266 valence electrons. The molecule has 1 unspecified atom stereocenters. The minimum atomic E-state index is 0.107. The number of imidazole rings is 1. The summed E-state index contributed by atoms with van der Waals surface area (Å²) in [5.41, 5.74) is 18.2. The maximum atomic E-state index is 6.29. The summed E-state index contributed by atoms with van der Waals surface area (Å²) >= 11 is 0. The Bertz CT molecular complexity index is 2280. The fourth-order valence-corrected chi connectivity index (χ4v) is 7.46. The fraction of sp³-hybridized carbons (Fsp3) is 0.213. The summed E-state index contributed by atoms with van der Waals surface area (Å²) in [6.07, 6.45) is 33.3. The van der Waals surface area contributed by atoms with Gasteiger partial charge in [-0.05, 0) is 92.2 Å². The Morgan fingerprint density at radius 1 is 0.906 bits per heavy atom. The quantitative estimate of drug-likeness (QED) is 0.119. The molecule has 1 aliphatic heterocycles. The Kier molecular flexibility index (Phi) is 11.2. The van der Waals surface area contributed by atoms with Crippen LogP contribution in [0.4, 0.5) is 11.6 Å². The molecule has 0 bridgehead atoms. The van der Waals surface area contributed by atoms with Crippen LogP contribution >= 0.6 is 0 Å². The first kappa shape index (κ1) is 35.5. The van der Waals surface area contributed by atoms with Crippen LogP contribution < -0.4 is 10.6 Å². The van der Waals surface area contributed by atoms with Crippen molar-refractivity contribution in [1.29, 1.82) is 0 Å². The number of nitrogens with two attached hydrogens (primary N) is 1. The summed E-state index contributed by atoms with van der Waals surface area (Å²) in [7, 11) is 0. The van der Waals surface area contributed by atoms with Gasteiger partial charge in [-0.25, -0.2) is 9.98 Å². The van der Waals surface area contributed by atoms with Gasteiger partial charge in [0.2, 0.25) is 5.95 Å². The third kappa shape index (κ3) is 7.15. The second-order valence-electron chi connectivity index (χ2n) is 13.0. The molecule has 0 fully saturated rings. The minimum Gasteiger partial charge on any atom is -0.312 e. The van der Waals surface area contributed by atoms with Crippen molar-refractivity contribution in [1.82, 2.24) is 9.55 Å². The lowest BCUT2D eigenvalue weighted by atomic mass is 9.90. The first-order valence-electron chi connectivity index (χ1n) is 19.0. The Hall–Kier alpha value is -5.85. The highest BCUT2D eigenvalue weighted by Gasteiger charge is 2.33. The van der Waals surface area contributed by atoms with Crippen molar-refractivity contribution in [3.8, 4) is 0 Å². The standard InChI is InChI=1S/C45H42N6.C2H6/c1-2-3-6-23-36-30-35-22-12-15-26-40(35)51(45-48-39-25-14-16-27-41(39)50(36)45)43-37-24-13-11-17-32(37)28-29-38(43)44(47-31-46)49-42(33-18-7-4-8-19-33)34-20-9-5-10-21-34;1-2/h2-10,13-16,18-20,23-30,34H,11-12,17,21-22,31,46H2,1H3;1-2H3/b3-2-,23-6-,47-44-,49-42?;. The van der Waals surface area contributed by atoms with Crippen molar-refractivity contribution < 1.29 is 0 Å². The van der Waals surface area contributed by atoms with Crippen molar-refractivity contribution >= 4 is 46.0 Å². The molecule has 0 amide bonds. The summed E-state index contributed by atoms with van der Waals surface area (Å²) in [6.45, 7) is 6.15. The van der Waals surface area contributed by atoms with Crippen LogP contribution in [0.15, 0.2) is 161 Å². The molecule has 1 atom stereocenters. The van der Waals surface area contributed by atoms with Gasteiger partial charge in [0, 0.05) is 22.7 Å². The van der Waals surface area contributed by atoms with Crippen LogP contribution in [0.25, 0.3) is 22.8 Å². The first-order valence-corrected chi connectivity index (χ1v) is 19.0. The van der Waals surface area contributed by atoms with Crippen LogP contribution in [0.5, 0.6) is 0 Å². The summed E-state index contributed by atoms with van der Waals surface area (Å²) in [4.78, 5) is 18.2. The Labute approximate surface area is 313 Å². The first-order chi connectivity index (χ1) is 26.2. The van der Waals surface area contributed by atoms with Crippen molar-refractivity contribution in [3.05, 3.63) is 173 Å². The van der Waals surface area contributed by atoms with E-state index in [0.717, 1.165) is 88.6 Å². The molecule has 2 N–H and O–H groups in total. The zero-order chi connectivity index (χ0) is 36.6. The molecule has 0 saturated heterocycles. The number of aromatic nitrogens is 2. The van der Waals surface area contributed by atoms with E-state index in [1.807, 2.05) is 26.8 Å². The largest absolute Gasteiger partial charge is 0.312 e. The Morgan fingerprint density at radius 2 is 1.72 bits per heavy atom. The molecule has 2 heterocycles. The number of nitrogens with zero attached hydrogens (tertiary/aromatic N) is 5. The lowest BCUT2D eigenvalue weighted by Crippen LogP contribution is -2.25. The number of anilines is 2. The average Bonchev–Trinajstić information content (AvgIpc) is 3.54. The molecule has 4 aromatic rings. The molecule has 0 radical (unpaired) electrons. The molecule has 4 aliphatic rings. The Balaban J connectivity index is 0.00000214. The van der Waals surface area contributed by atoms with E-state index in [9.17, 15) is 0 Å². The molecule has 3 aliphatic carbocycles. The van der Waals surface area contributed by atoms with Crippen LogP contribution in [-0.4, -0.2) is 27.8 Å². The van der Waals surface area contributed by atoms with Gasteiger partial charge in [-0.2, -0.15) is 0 Å². The smallest absolute Gasteiger partial charge is 0.220 e. The number of hydrogen-bond acceptors (Lipinski definition) is 4. The lowest BCUT2D eigenvalue weighted by molar-refractivity contribution is 0.869. The van der Waals surface area contributed by atoms with Gasteiger partial charge in [0.15, 0.2) is 5.84 Å². The topological polar surface area (TPSA) is 71.8 Å². The van der Waals surface area contributed by atoms with Crippen LogP contribution in [0.2, 0.25) is 0 Å². The SMILES string of the molecule is C/C=C\C=C/C1=CC2=C(C=CCC2)N(c2c(/C(N=C(c3ccccc3)C3C=CC=CC3)=N/CN)ccc3c2C=CCC3)c2nc3ccccc3n21.CC. The van der Waals surface area contributed by atoms with Crippen LogP contribution in [0.1, 0.15) is 68.7 Å². The normalized spacial score (nSPS) is 18.2. The van der Waals surface area contributed by atoms with E-state index in [1.54, 1.807) is 0 Å². The Morgan fingerprint density at radius 3 is 2.53 bits per heavy atom. The monoisotopic (exact) mass is 696 g/mol. The minimum absolute atomic E-state index is 0.107. The van der Waals surface area contributed by atoms with E-state index in [2.05, 4.69) is 149 Å². The molecule has 3 aromatic carbocycles. The summed E-state index contributed by atoms with van der Waals surface area (Å²) < 4.78 is 2.30. The van der Waals surface area contributed by atoms with Gasteiger partial charge in [-0.15, -0.1) is 0 Å². The predicted molar refractivity (Wildman–Crippen MR) is 226 cm³/mol. The summed E-state index contributed by atoms with van der Waals surface area (Å²) in [6, 6.07) is 23.3. The van der Waals surface area contributed by atoms with E-state index in [4.69, 9.17) is 20.7 Å². The zero-order valence-electron chi connectivity index (χ0n) is 31.0. The molecule has 6 nitrogen and oxygen atoms in total. The van der Waals surface area contributed by atoms with E-state index in [-0.39, 0.29) is 12.6 Å². The number of aryl methyl sites for hydroxylation is 1. The van der Waals surface area contributed by atoms with Crippen molar-refractivity contribution in [2.24, 2.45) is 21.6 Å². The molecule has 53 heavy (non-hydrogen) atoms. The summed E-state index contributed by atoms with van der Waals surface area (Å²) in [5, 5.41) is 0. The highest BCUT2D eigenvalue weighted by Crippen LogP contribution is 2.45. The van der Waals surface area contributed by atoms with E-state index in [0.29, 0.717) is 5.84 Å². The van der Waals surface area contributed by atoms with Gasteiger partial charge in [0.1, 0.15) is 0 Å². The number of benzene rings is 3. The zero-order valence-corrected chi connectivity index (χ0v) is 31.0. The maximum Gasteiger partial charge on any atom is 0.220 e. The number of hydrogen-bond donors (Lipinski definition) is 1. The van der Waals surface area contributed by atoms with Crippen LogP contribution in [-0.2, 0) is 6.42 Å². The van der Waals surface area contributed by atoms with E-state index < -0.39 is 0 Å². The fourth-order valence-electron chi connectivity index (χ4n) is 7.46. The third-order valence-electron chi connectivity index (χ3n) is 9.83. The molecular formula is C47H48N6. The van der Waals surface area contributed by atoms with Crippen molar-refractivity contribution in [3.63, 3.8) is 0 Å². The third-order valence-corrected chi connectivity index (χ3v) is 9.83. The molecule has 1 aromatic heterocycles. The van der Waals surface area contributed by atoms with Gasteiger partial charge in [-0.1, -0.05) is 123 Å². The highest BCUT2D eigenvalue weighted by molar-refractivity contribution is 6.16. The van der Waals surface area contributed by atoms with Crippen molar-refractivity contribution in [2.75, 3.05) is 11.6 Å². The maximum absolute atomic E-state index is 6.29. The molecular weight excluding hydrogens is 649 g/mol. The van der Waals surface area contributed by atoms with Gasteiger partial charge >= 0.3 is 0 Å². The molecule has 6 heteroatoms. The predicted octanol–water partition coefficient (Wildman–Crippen LogP) is 11.0. The van der Waals surface area contributed by atoms with Crippen LogP contribution in [0.3, 0.4) is 0 Å². The number of allylic oxidation sites excluding steroid dienone is 14. The van der Waals surface area contributed by atoms with Crippen molar-refractivity contribution in [2.45, 2.75) is 52.9 Å². The van der Waals surface area contributed by atoms with Gasteiger partial charge in [0.05, 0.1) is 34.8 Å². The summed E-state index contributed by atoms with van der Waals surface area (Å²) in [5.74, 6) is 1.55. The molecule has 8 rings (SSSR count). The molecule has 0 spiro atoms. The lowest BCUT2D eigenvalue weighted by Gasteiger charge is -2.32. The number of para-hydroxylation sites is 2. The van der Waals surface area contributed by atoms with Gasteiger partial charge in [0.25, 0.3) is 0 Å². The second kappa shape index (κ2) is 16.7. The number of fused-ring (bicyclic) bond motifs is 4. The average molecular weight is 697 g/mol. The van der Waals surface area contributed by atoms with E-state index in [1.165, 1.54) is 11.1 Å². The van der Waals surface area contributed by atoms with Gasteiger partial charge < -0.3 is 5.73 Å².